The number of aryl methyl sites for hydroxylation is 1. The lowest BCUT2D eigenvalue weighted by atomic mass is 10.1. The zero-order valence-corrected chi connectivity index (χ0v) is 18.4. The van der Waals surface area contributed by atoms with E-state index in [1.807, 2.05) is 19.1 Å². The Morgan fingerprint density at radius 1 is 1.21 bits per heavy atom. The molecule has 4 N–H and O–H groups in total. The van der Waals surface area contributed by atoms with Gasteiger partial charge in [-0.2, -0.15) is 10.2 Å². The fourth-order valence-corrected chi connectivity index (χ4v) is 4.00. The number of rotatable bonds is 5. The van der Waals surface area contributed by atoms with Gasteiger partial charge in [0.25, 0.3) is 5.56 Å². The van der Waals surface area contributed by atoms with Crippen molar-refractivity contribution in [3.8, 4) is 17.2 Å². The Morgan fingerprint density at radius 2 is 2.06 bits per heavy atom. The number of nitrogens with one attached hydrogen (secondary N) is 2. The second-order valence-electron chi connectivity index (χ2n) is 7.44. The Morgan fingerprint density at radius 3 is 2.79 bits per heavy atom. The number of H-pyrrole nitrogens is 1. The fourth-order valence-electron chi connectivity index (χ4n) is 3.73. The molecule has 1 atom stereocenters. The van der Waals surface area contributed by atoms with E-state index < -0.39 is 6.04 Å². The minimum atomic E-state index is -0.394. The number of fused-ring (bicyclic) bond motifs is 1. The lowest BCUT2D eigenvalue weighted by molar-refractivity contribution is 0.757. The van der Waals surface area contributed by atoms with E-state index in [2.05, 4.69) is 35.6 Å². The SMILES string of the molecule is CC(Nc1ncnc(N)c1-c1ncn(C)n1)c1cc2cccc(Cl)c2c(=O)n1-c1cc[nH]n1. The molecule has 0 radical (unpaired) electrons. The molecular formula is C21H19ClN10O. The number of aromatic nitrogens is 8. The Kier molecular flexibility index (Phi) is 5.02. The second-order valence-corrected chi connectivity index (χ2v) is 7.84. The molecule has 0 aliphatic rings. The highest BCUT2D eigenvalue weighted by molar-refractivity contribution is 6.35. The van der Waals surface area contributed by atoms with Gasteiger partial charge < -0.3 is 11.1 Å². The van der Waals surface area contributed by atoms with E-state index >= 15 is 0 Å². The van der Waals surface area contributed by atoms with Crippen molar-refractivity contribution in [2.45, 2.75) is 13.0 Å². The van der Waals surface area contributed by atoms with Gasteiger partial charge in [0, 0.05) is 19.3 Å². The van der Waals surface area contributed by atoms with Gasteiger partial charge in [-0.25, -0.2) is 15.0 Å². The van der Waals surface area contributed by atoms with E-state index in [0.717, 1.165) is 5.39 Å². The molecule has 0 bridgehead atoms. The van der Waals surface area contributed by atoms with Crippen LogP contribution in [-0.4, -0.2) is 39.5 Å². The van der Waals surface area contributed by atoms with Crippen molar-refractivity contribution < 1.29 is 0 Å². The molecule has 0 fully saturated rings. The maximum Gasteiger partial charge on any atom is 0.266 e. The summed E-state index contributed by atoms with van der Waals surface area (Å²) in [5.74, 6) is 1.51. The van der Waals surface area contributed by atoms with E-state index in [0.29, 0.717) is 39.1 Å². The lowest BCUT2D eigenvalue weighted by Crippen LogP contribution is -2.26. The Balaban J connectivity index is 1.66. The number of aromatic amines is 1. The third kappa shape index (κ3) is 3.57. The fraction of sp³-hybridized carbons (Fsp3) is 0.143. The Bertz CT molecular complexity index is 1520. The summed E-state index contributed by atoms with van der Waals surface area (Å²) in [5, 5.41) is 16.1. The smallest absolute Gasteiger partial charge is 0.266 e. The van der Waals surface area contributed by atoms with Crippen molar-refractivity contribution in [1.82, 2.24) is 39.5 Å². The first kappa shape index (κ1) is 20.6. The van der Waals surface area contributed by atoms with Crippen LogP contribution in [0.3, 0.4) is 0 Å². The van der Waals surface area contributed by atoms with Crippen LogP contribution in [-0.2, 0) is 7.05 Å². The van der Waals surface area contributed by atoms with E-state index in [1.54, 1.807) is 42.5 Å². The van der Waals surface area contributed by atoms with Crippen LogP contribution in [0, 0.1) is 0 Å². The number of pyridine rings is 1. The van der Waals surface area contributed by atoms with Crippen LogP contribution in [0.1, 0.15) is 18.7 Å². The highest BCUT2D eigenvalue weighted by Gasteiger charge is 2.22. The summed E-state index contributed by atoms with van der Waals surface area (Å²) in [7, 11) is 1.76. The maximum atomic E-state index is 13.5. The molecule has 0 aliphatic heterocycles. The molecule has 4 heterocycles. The van der Waals surface area contributed by atoms with Crippen molar-refractivity contribution in [3.05, 3.63) is 70.3 Å². The number of hydrogen-bond acceptors (Lipinski definition) is 8. The summed E-state index contributed by atoms with van der Waals surface area (Å²) in [4.78, 5) is 26.2. The highest BCUT2D eigenvalue weighted by Crippen LogP contribution is 2.31. The minimum Gasteiger partial charge on any atom is -0.383 e. The van der Waals surface area contributed by atoms with E-state index in [1.165, 1.54) is 10.9 Å². The van der Waals surface area contributed by atoms with Gasteiger partial charge in [0.1, 0.15) is 29.9 Å². The molecule has 0 spiro atoms. The van der Waals surface area contributed by atoms with Gasteiger partial charge in [0.15, 0.2) is 11.6 Å². The predicted octanol–water partition coefficient (Wildman–Crippen LogP) is 2.71. The molecule has 0 saturated heterocycles. The largest absolute Gasteiger partial charge is 0.383 e. The summed E-state index contributed by atoms with van der Waals surface area (Å²) < 4.78 is 3.09. The summed E-state index contributed by atoms with van der Waals surface area (Å²) in [6.07, 6.45) is 4.57. The molecule has 1 unspecified atom stereocenters. The van der Waals surface area contributed by atoms with Crippen molar-refractivity contribution in [3.63, 3.8) is 0 Å². The first-order valence-corrected chi connectivity index (χ1v) is 10.4. The van der Waals surface area contributed by atoms with Crippen molar-refractivity contribution >= 4 is 34.0 Å². The molecule has 0 aliphatic carbocycles. The van der Waals surface area contributed by atoms with Crippen molar-refractivity contribution in [2.75, 3.05) is 11.1 Å². The number of halogens is 1. The Labute approximate surface area is 192 Å². The molecule has 12 heteroatoms. The molecule has 166 valence electrons. The quantitative estimate of drug-likeness (QED) is 0.361. The summed E-state index contributed by atoms with van der Waals surface area (Å²) in [6, 6.07) is 8.57. The van der Waals surface area contributed by atoms with Gasteiger partial charge in [-0.3, -0.25) is 19.1 Å². The molecule has 1 aromatic carbocycles. The monoisotopic (exact) mass is 462 g/mol. The molecule has 5 aromatic rings. The third-order valence-electron chi connectivity index (χ3n) is 5.24. The molecule has 33 heavy (non-hydrogen) atoms. The predicted molar refractivity (Wildman–Crippen MR) is 125 cm³/mol. The average molecular weight is 463 g/mol. The van der Waals surface area contributed by atoms with Gasteiger partial charge >= 0.3 is 0 Å². The van der Waals surface area contributed by atoms with Gasteiger partial charge in [-0.15, -0.1) is 0 Å². The molecular weight excluding hydrogens is 444 g/mol. The normalized spacial score (nSPS) is 12.2. The first-order valence-electron chi connectivity index (χ1n) is 10.0. The summed E-state index contributed by atoms with van der Waals surface area (Å²) in [6.45, 7) is 1.90. The van der Waals surface area contributed by atoms with Crippen molar-refractivity contribution in [2.24, 2.45) is 7.05 Å². The van der Waals surface area contributed by atoms with Crippen LogP contribution < -0.4 is 16.6 Å². The molecule has 0 amide bonds. The second kappa shape index (κ2) is 8.02. The first-order chi connectivity index (χ1) is 15.9. The standard InChI is InChI=1S/C21H19ClN10O/c1-11(28-19-17(18(23)24-9-25-19)20-26-10-31(2)30-20)14-8-12-4-3-5-13(22)16(12)21(33)32(14)15-6-7-27-29-15/h3-11H,1-2H3,(H,27,29)(H3,23,24,25,28). The van der Waals surface area contributed by atoms with E-state index in [-0.39, 0.29) is 11.4 Å². The van der Waals surface area contributed by atoms with Crippen LogP contribution in [0.15, 0.2) is 54.0 Å². The number of nitrogens with two attached hydrogens (primary N) is 1. The zero-order valence-electron chi connectivity index (χ0n) is 17.7. The summed E-state index contributed by atoms with van der Waals surface area (Å²) in [5.41, 5.74) is 6.99. The van der Waals surface area contributed by atoms with Crippen LogP contribution in [0.5, 0.6) is 0 Å². The molecule has 5 rings (SSSR count). The number of hydrogen-bond donors (Lipinski definition) is 3. The van der Waals surface area contributed by atoms with E-state index in [9.17, 15) is 4.79 Å². The van der Waals surface area contributed by atoms with Crippen LogP contribution in [0.2, 0.25) is 5.02 Å². The third-order valence-corrected chi connectivity index (χ3v) is 5.55. The van der Waals surface area contributed by atoms with Gasteiger partial charge in [-0.1, -0.05) is 23.7 Å². The van der Waals surface area contributed by atoms with E-state index in [4.69, 9.17) is 17.3 Å². The summed E-state index contributed by atoms with van der Waals surface area (Å²) >= 11 is 6.36. The van der Waals surface area contributed by atoms with Crippen LogP contribution >= 0.6 is 11.6 Å². The molecule has 0 saturated carbocycles. The van der Waals surface area contributed by atoms with Crippen LogP contribution in [0.4, 0.5) is 11.6 Å². The number of nitrogens with zero attached hydrogens (tertiary/aromatic N) is 7. The number of benzene rings is 1. The number of nitrogen functional groups attached to an aromatic ring is 1. The van der Waals surface area contributed by atoms with Crippen LogP contribution in [0.25, 0.3) is 28.0 Å². The zero-order chi connectivity index (χ0) is 23.1. The molecule has 4 aromatic heterocycles. The maximum absolute atomic E-state index is 13.5. The van der Waals surface area contributed by atoms with Gasteiger partial charge in [-0.05, 0) is 24.4 Å². The van der Waals surface area contributed by atoms with Gasteiger partial charge in [0.05, 0.1) is 22.1 Å². The average Bonchev–Trinajstić information content (AvgIpc) is 3.45. The molecule has 11 nitrogen and oxygen atoms in total. The minimum absolute atomic E-state index is 0.237. The van der Waals surface area contributed by atoms with Crippen molar-refractivity contribution in [1.29, 1.82) is 0 Å². The number of anilines is 2. The lowest BCUT2D eigenvalue weighted by Gasteiger charge is -2.21. The Hall–Kier alpha value is -4.25. The highest BCUT2D eigenvalue weighted by atomic mass is 35.5. The van der Waals surface area contributed by atoms with Gasteiger partial charge in [0.2, 0.25) is 0 Å². The topological polar surface area (TPSA) is 145 Å².